The summed E-state index contributed by atoms with van der Waals surface area (Å²) in [6.45, 7) is 3.27. The normalized spacial score (nSPS) is 17.7. The summed E-state index contributed by atoms with van der Waals surface area (Å²) < 4.78 is 24.1. The van der Waals surface area contributed by atoms with Crippen LogP contribution < -0.4 is 0 Å². The van der Waals surface area contributed by atoms with Crippen LogP contribution in [0.25, 0.3) is 0 Å². The molecule has 0 saturated carbocycles. The number of nitrogens with zero attached hydrogens (tertiary/aromatic N) is 4. The fraction of sp³-hybridized carbons (Fsp3) is 0.700. The van der Waals surface area contributed by atoms with E-state index in [2.05, 4.69) is 15.2 Å². The van der Waals surface area contributed by atoms with Crippen LogP contribution >= 0.6 is 0 Å². The lowest BCUT2D eigenvalue weighted by molar-refractivity contribution is 0.0686. The molecule has 0 radical (unpaired) electrons. The molecule has 1 aromatic heterocycles. The number of hydrogen-bond acceptors (Lipinski definition) is 5. The minimum absolute atomic E-state index is 0.143. The van der Waals surface area contributed by atoms with Crippen molar-refractivity contribution in [3.05, 3.63) is 11.6 Å². The van der Waals surface area contributed by atoms with Gasteiger partial charge in [0.15, 0.2) is 0 Å². The maximum Gasteiger partial charge on any atom is 0.293 e. The highest BCUT2D eigenvalue weighted by Crippen LogP contribution is 2.08. The molecule has 1 N–H and O–H groups in total. The highest BCUT2D eigenvalue weighted by atomic mass is 32.2. The highest BCUT2D eigenvalue weighted by molar-refractivity contribution is 7.88. The van der Waals surface area contributed by atoms with Crippen molar-refractivity contribution in [3.8, 4) is 0 Å². The lowest BCUT2D eigenvalue weighted by Gasteiger charge is -2.32. The second-order valence-electron chi connectivity index (χ2n) is 4.41. The van der Waals surface area contributed by atoms with Crippen LogP contribution in [0.15, 0.2) is 0 Å². The van der Waals surface area contributed by atoms with Crippen molar-refractivity contribution >= 4 is 15.9 Å². The number of aromatic amines is 1. The van der Waals surface area contributed by atoms with Gasteiger partial charge in [0.2, 0.25) is 15.8 Å². The van der Waals surface area contributed by atoms with Crippen molar-refractivity contribution in [2.45, 2.75) is 13.3 Å². The lowest BCUT2D eigenvalue weighted by atomic mass is 10.3. The summed E-state index contributed by atoms with van der Waals surface area (Å²) in [6.07, 6.45) is 1.86. The number of nitrogens with one attached hydrogen (secondary N) is 1. The van der Waals surface area contributed by atoms with E-state index in [0.717, 1.165) is 0 Å². The topological polar surface area (TPSA) is 99.3 Å². The third-order valence-electron chi connectivity index (χ3n) is 3.05. The Balaban J connectivity index is 1.99. The van der Waals surface area contributed by atoms with E-state index in [1.165, 1.54) is 10.6 Å². The summed E-state index contributed by atoms with van der Waals surface area (Å²) >= 11 is 0. The number of amides is 1. The number of rotatable bonds is 3. The molecule has 1 amide bonds. The van der Waals surface area contributed by atoms with Crippen LogP contribution in [0.5, 0.6) is 0 Å². The molecule has 2 heterocycles. The van der Waals surface area contributed by atoms with E-state index < -0.39 is 10.0 Å². The van der Waals surface area contributed by atoms with Gasteiger partial charge in [0.1, 0.15) is 5.82 Å². The molecule has 1 aromatic rings. The van der Waals surface area contributed by atoms with Gasteiger partial charge in [-0.25, -0.2) is 13.4 Å². The van der Waals surface area contributed by atoms with Gasteiger partial charge in [0.05, 0.1) is 6.26 Å². The van der Waals surface area contributed by atoms with Gasteiger partial charge >= 0.3 is 0 Å². The van der Waals surface area contributed by atoms with Gasteiger partial charge < -0.3 is 4.90 Å². The van der Waals surface area contributed by atoms with Gasteiger partial charge in [0, 0.05) is 32.6 Å². The van der Waals surface area contributed by atoms with E-state index in [1.54, 1.807) is 4.90 Å². The molecule has 1 saturated heterocycles. The van der Waals surface area contributed by atoms with Crippen LogP contribution in [0.4, 0.5) is 0 Å². The molecule has 9 heteroatoms. The molecule has 0 atom stereocenters. The van der Waals surface area contributed by atoms with Gasteiger partial charge in [-0.3, -0.25) is 9.89 Å². The van der Waals surface area contributed by atoms with E-state index in [1.807, 2.05) is 6.92 Å². The number of hydrogen-bond donors (Lipinski definition) is 1. The number of aryl methyl sites for hydroxylation is 1. The summed E-state index contributed by atoms with van der Waals surface area (Å²) in [4.78, 5) is 17.8. The minimum Gasteiger partial charge on any atom is -0.333 e. The Bertz CT molecular complexity index is 559. The molecule has 1 aliphatic heterocycles. The van der Waals surface area contributed by atoms with Gasteiger partial charge in [-0.1, -0.05) is 6.92 Å². The third kappa shape index (κ3) is 3.10. The molecule has 106 valence electrons. The predicted octanol–water partition coefficient (Wildman–Crippen LogP) is -0.915. The zero-order chi connectivity index (χ0) is 14.0. The van der Waals surface area contributed by atoms with Crippen molar-refractivity contribution in [2.75, 3.05) is 32.4 Å². The second-order valence-corrected chi connectivity index (χ2v) is 6.40. The summed E-state index contributed by atoms with van der Waals surface area (Å²) in [7, 11) is -3.18. The van der Waals surface area contributed by atoms with E-state index in [0.29, 0.717) is 38.4 Å². The molecule has 0 spiro atoms. The smallest absolute Gasteiger partial charge is 0.293 e. The molecular weight excluding hydrogens is 270 g/mol. The van der Waals surface area contributed by atoms with E-state index >= 15 is 0 Å². The van der Waals surface area contributed by atoms with Crippen molar-refractivity contribution < 1.29 is 13.2 Å². The summed E-state index contributed by atoms with van der Waals surface area (Å²) in [5.41, 5.74) is 0. The molecule has 0 aromatic carbocycles. The Morgan fingerprint density at radius 2 is 1.95 bits per heavy atom. The number of piperazine rings is 1. The highest BCUT2D eigenvalue weighted by Gasteiger charge is 2.28. The van der Waals surface area contributed by atoms with Gasteiger partial charge in [0.25, 0.3) is 5.91 Å². The van der Waals surface area contributed by atoms with Crippen LogP contribution in [0.1, 0.15) is 23.4 Å². The number of sulfonamides is 1. The van der Waals surface area contributed by atoms with Crippen LogP contribution in [0, 0.1) is 0 Å². The molecule has 8 nitrogen and oxygen atoms in total. The zero-order valence-corrected chi connectivity index (χ0v) is 11.8. The van der Waals surface area contributed by atoms with Crippen molar-refractivity contribution in [1.82, 2.24) is 24.4 Å². The summed E-state index contributed by atoms with van der Waals surface area (Å²) in [5, 5.41) is 6.56. The van der Waals surface area contributed by atoms with E-state index in [9.17, 15) is 13.2 Å². The Morgan fingerprint density at radius 1 is 1.32 bits per heavy atom. The van der Waals surface area contributed by atoms with Crippen molar-refractivity contribution in [2.24, 2.45) is 0 Å². The molecular formula is C10H17N5O3S. The monoisotopic (exact) mass is 287 g/mol. The standard InChI is InChI=1S/C10H17N5O3S/c1-3-8-11-9(13-12-8)10(16)14-4-6-15(7-5-14)19(2,17)18/h3-7H2,1-2H3,(H,11,12,13). The van der Waals surface area contributed by atoms with Crippen molar-refractivity contribution in [1.29, 1.82) is 0 Å². The Morgan fingerprint density at radius 3 is 2.42 bits per heavy atom. The number of carbonyl (C=O) groups excluding carboxylic acids is 1. The van der Waals surface area contributed by atoms with Crippen LogP contribution in [-0.2, 0) is 16.4 Å². The first-order valence-corrected chi connectivity index (χ1v) is 7.92. The van der Waals surface area contributed by atoms with Gasteiger partial charge in [-0.15, -0.1) is 5.10 Å². The van der Waals surface area contributed by atoms with E-state index in [4.69, 9.17) is 0 Å². The Labute approximate surface area is 111 Å². The molecule has 0 bridgehead atoms. The fourth-order valence-electron chi connectivity index (χ4n) is 1.91. The number of aromatic nitrogens is 3. The minimum atomic E-state index is -3.18. The quantitative estimate of drug-likeness (QED) is 0.775. The molecule has 1 fully saturated rings. The third-order valence-corrected chi connectivity index (χ3v) is 4.36. The molecule has 2 rings (SSSR count). The maximum atomic E-state index is 12.1. The SMILES string of the molecule is CCc1nc(C(=O)N2CCN(S(C)(=O)=O)CC2)n[nH]1. The van der Waals surface area contributed by atoms with Crippen LogP contribution in [-0.4, -0.2) is 71.1 Å². The molecule has 1 aliphatic rings. The van der Waals surface area contributed by atoms with Gasteiger partial charge in [-0.2, -0.15) is 4.31 Å². The Hall–Kier alpha value is -1.48. The predicted molar refractivity (Wildman–Crippen MR) is 68.1 cm³/mol. The number of carbonyl (C=O) groups is 1. The number of H-pyrrole nitrogens is 1. The average Bonchev–Trinajstić information content (AvgIpc) is 2.86. The molecule has 0 unspecified atom stereocenters. The first-order chi connectivity index (χ1) is 8.91. The second kappa shape index (κ2) is 5.25. The molecule has 19 heavy (non-hydrogen) atoms. The summed E-state index contributed by atoms with van der Waals surface area (Å²) in [6, 6.07) is 0. The van der Waals surface area contributed by atoms with Gasteiger partial charge in [-0.05, 0) is 0 Å². The average molecular weight is 287 g/mol. The Kier molecular flexibility index (Phi) is 3.85. The van der Waals surface area contributed by atoms with Crippen LogP contribution in [0.3, 0.4) is 0 Å². The largest absolute Gasteiger partial charge is 0.333 e. The fourth-order valence-corrected chi connectivity index (χ4v) is 2.74. The van der Waals surface area contributed by atoms with Crippen LogP contribution in [0.2, 0.25) is 0 Å². The lowest BCUT2D eigenvalue weighted by Crippen LogP contribution is -2.50. The molecule has 0 aliphatic carbocycles. The van der Waals surface area contributed by atoms with E-state index in [-0.39, 0.29) is 11.7 Å². The zero-order valence-electron chi connectivity index (χ0n) is 11.0. The first-order valence-electron chi connectivity index (χ1n) is 6.07. The summed E-state index contributed by atoms with van der Waals surface area (Å²) in [5.74, 6) is 0.548. The maximum absolute atomic E-state index is 12.1. The van der Waals surface area contributed by atoms with Crippen molar-refractivity contribution in [3.63, 3.8) is 0 Å². The first kappa shape index (κ1) is 13.9.